The Morgan fingerprint density at radius 3 is 2.08 bits per heavy atom. The summed E-state index contributed by atoms with van der Waals surface area (Å²) in [6.45, 7) is 1.34. The molecule has 6 heterocycles. The van der Waals surface area contributed by atoms with Crippen molar-refractivity contribution in [3.8, 4) is 0 Å². The van der Waals surface area contributed by atoms with Crippen molar-refractivity contribution in [1.82, 2.24) is 39.0 Å². The van der Waals surface area contributed by atoms with E-state index in [-0.39, 0.29) is 28.3 Å². The molecule has 2 fully saturated rings. The Hall–Kier alpha value is -3.18. The predicted octanol–water partition coefficient (Wildman–Crippen LogP) is -0.607. The van der Waals surface area contributed by atoms with Crippen molar-refractivity contribution in [1.29, 1.82) is 0 Å². The van der Waals surface area contributed by atoms with Crippen LogP contribution in [0.25, 0.3) is 22.3 Å². The van der Waals surface area contributed by atoms with Gasteiger partial charge >= 0.3 is 31.3 Å². The molecular formula is C25H38N10O20P4. The molecule has 11 atom stereocenters. The molecule has 5 unspecified atom stereocenters. The molecule has 34 heteroatoms. The number of phosphoric ester groups is 2. The van der Waals surface area contributed by atoms with Gasteiger partial charge in [-0.05, 0) is 13.8 Å². The average molecular weight is 923 g/mol. The van der Waals surface area contributed by atoms with Crippen molar-refractivity contribution < 1.29 is 89.0 Å². The van der Waals surface area contributed by atoms with Gasteiger partial charge in [-0.15, -0.1) is 0 Å². The molecule has 0 aromatic carbocycles. The molecule has 59 heavy (non-hydrogen) atoms. The maximum absolute atomic E-state index is 13.7. The van der Waals surface area contributed by atoms with Gasteiger partial charge in [0.25, 0.3) is 5.56 Å². The Kier molecular flexibility index (Phi) is 13.3. The van der Waals surface area contributed by atoms with Crippen LogP contribution in [-0.2, 0) is 59.4 Å². The van der Waals surface area contributed by atoms with E-state index >= 15 is 0 Å². The molecular weight excluding hydrogens is 884 g/mol. The van der Waals surface area contributed by atoms with E-state index in [2.05, 4.69) is 43.8 Å². The number of methoxy groups -OCH3 is 1. The molecule has 0 bridgehead atoms. The number of nitrogens with two attached hydrogens (primary N) is 1. The smallest absolute Gasteiger partial charge is 0.386 e. The molecule has 0 amide bonds. The topological polar surface area (TPSA) is 418 Å². The number of aliphatic hydroxyl groups excluding tert-OH is 1. The molecule has 4 aromatic rings. The van der Waals surface area contributed by atoms with Crippen molar-refractivity contribution in [2.24, 2.45) is 0 Å². The van der Waals surface area contributed by atoms with Crippen molar-refractivity contribution in [3.05, 3.63) is 29.3 Å². The summed E-state index contributed by atoms with van der Waals surface area (Å²) in [6, 6.07) is 0. The second-order valence-corrected chi connectivity index (χ2v) is 18.6. The van der Waals surface area contributed by atoms with Gasteiger partial charge in [0.05, 0.1) is 32.0 Å². The lowest BCUT2D eigenvalue weighted by Gasteiger charge is -2.27. The zero-order valence-corrected chi connectivity index (χ0v) is 34.3. The van der Waals surface area contributed by atoms with Crippen LogP contribution in [0.5, 0.6) is 0 Å². The molecule has 30 nitrogen and oxygen atoms in total. The second-order valence-electron chi connectivity index (χ2n) is 12.8. The number of anilines is 2. The summed E-state index contributed by atoms with van der Waals surface area (Å²) in [6.07, 6.45) is -8.59. The van der Waals surface area contributed by atoms with E-state index in [1.165, 1.54) is 21.8 Å². The number of aliphatic hydroxyl groups is 1. The van der Waals surface area contributed by atoms with Crippen LogP contribution in [0, 0.1) is 0 Å². The molecule has 2 saturated heterocycles. The second kappa shape index (κ2) is 17.3. The van der Waals surface area contributed by atoms with Crippen molar-refractivity contribution in [2.75, 3.05) is 38.4 Å². The van der Waals surface area contributed by atoms with Crippen LogP contribution in [0.2, 0.25) is 0 Å². The van der Waals surface area contributed by atoms with Gasteiger partial charge in [0.1, 0.15) is 48.5 Å². The van der Waals surface area contributed by atoms with E-state index in [1.54, 1.807) is 20.9 Å². The normalized spacial score (nSPS) is 28.3. The van der Waals surface area contributed by atoms with Crippen LogP contribution in [0.1, 0.15) is 26.3 Å². The fraction of sp³-hybridized carbons (Fsp3) is 0.600. The minimum atomic E-state index is -5.93. The summed E-state index contributed by atoms with van der Waals surface area (Å²) in [4.78, 5) is 83.8. The zero-order chi connectivity index (χ0) is 43.2. The number of nitrogens with one attached hydrogen (secondary N) is 2. The Bertz CT molecular complexity index is 2410. The number of phosphoric acid groups is 4. The molecule has 6 rings (SSSR count). The molecule has 0 aliphatic carbocycles. The fourth-order valence-electron chi connectivity index (χ4n) is 6.18. The molecule has 0 saturated carbocycles. The van der Waals surface area contributed by atoms with Gasteiger partial charge in [-0.1, -0.05) is 0 Å². The number of imidazole rings is 2. The van der Waals surface area contributed by atoms with Crippen molar-refractivity contribution in [2.45, 2.75) is 69.0 Å². The summed E-state index contributed by atoms with van der Waals surface area (Å²) in [5, 5.41) is 14.1. The van der Waals surface area contributed by atoms with Gasteiger partial charge in [0.15, 0.2) is 35.1 Å². The third-order valence-electron chi connectivity index (χ3n) is 8.37. The summed E-state index contributed by atoms with van der Waals surface area (Å²) >= 11 is 0. The third kappa shape index (κ3) is 10.3. The highest BCUT2D eigenvalue weighted by atomic mass is 31.3. The number of fused-ring (bicyclic) bond motifs is 2. The zero-order valence-electron chi connectivity index (χ0n) is 30.7. The van der Waals surface area contributed by atoms with Gasteiger partial charge in [-0.2, -0.15) is 13.6 Å². The number of aromatic nitrogens is 8. The van der Waals surface area contributed by atoms with Gasteiger partial charge in [0, 0.05) is 14.2 Å². The van der Waals surface area contributed by atoms with E-state index in [9.17, 15) is 42.8 Å². The van der Waals surface area contributed by atoms with Gasteiger partial charge in [0.2, 0.25) is 5.95 Å². The Morgan fingerprint density at radius 2 is 1.46 bits per heavy atom. The first kappa shape index (κ1) is 45.3. The summed E-state index contributed by atoms with van der Waals surface area (Å²) in [5.74, 6) is 0.0394. The molecule has 0 radical (unpaired) electrons. The number of hydrogen-bond donors (Lipinski definition) is 9. The lowest BCUT2D eigenvalue weighted by atomic mass is 10.1. The highest BCUT2D eigenvalue weighted by Crippen LogP contribution is 2.66. The predicted molar refractivity (Wildman–Crippen MR) is 193 cm³/mol. The minimum absolute atomic E-state index is 0.0563. The summed E-state index contributed by atoms with van der Waals surface area (Å²) < 4.78 is 98.4. The number of aromatic amines is 1. The average Bonchev–Trinajstić information content (AvgIpc) is 3.88. The number of nitrogen functional groups attached to an aromatic ring is 1. The number of nitrogens with zero attached hydrogens (tertiary/aromatic N) is 7. The van der Waals surface area contributed by atoms with Crippen LogP contribution in [0.15, 0.2) is 23.8 Å². The minimum Gasteiger partial charge on any atom is -0.386 e. The number of H-pyrrole nitrogens is 1. The monoisotopic (exact) mass is 922 g/mol. The van der Waals surface area contributed by atoms with Crippen LogP contribution in [0.4, 0.5) is 11.8 Å². The van der Waals surface area contributed by atoms with Crippen LogP contribution >= 0.6 is 31.3 Å². The first-order chi connectivity index (χ1) is 27.5. The Morgan fingerprint density at radius 1 is 0.847 bits per heavy atom. The molecule has 328 valence electrons. The lowest BCUT2D eigenvalue weighted by Crippen LogP contribution is -2.39. The van der Waals surface area contributed by atoms with Crippen LogP contribution in [0.3, 0.4) is 0 Å². The maximum atomic E-state index is 13.7. The largest absolute Gasteiger partial charge is 0.490 e. The SMILES string of the molecule is CNc1ncnc2c1ncn2[C@@H]1O[C@H](COP(=O)(O)OP(=O)(O)OP(=O)(O)O)[C@H](OP(=O)(O)OC[C@H]2O[C@@H](n3cnc4c(=O)[nH]c(N)nc43)C(O)[C@H]2OC(C)C)C1OC. The van der Waals surface area contributed by atoms with Gasteiger partial charge in [-0.25, -0.2) is 38.2 Å². The summed E-state index contributed by atoms with van der Waals surface area (Å²) in [7, 11) is -20.0. The Labute approximate surface area is 330 Å². The molecule has 4 aromatic heterocycles. The van der Waals surface area contributed by atoms with Crippen molar-refractivity contribution >= 4 is 65.4 Å². The van der Waals surface area contributed by atoms with Gasteiger partial charge < -0.3 is 59.6 Å². The molecule has 10 N–H and O–H groups in total. The van der Waals surface area contributed by atoms with E-state index in [0.717, 1.165) is 13.4 Å². The molecule has 2 aliphatic heterocycles. The van der Waals surface area contributed by atoms with Gasteiger partial charge in [-0.3, -0.25) is 32.5 Å². The van der Waals surface area contributed by atoms with E-state index < -0.39 is 105 Å². The van der Waals surface area contributed by atoms with Crippen LogP contribution < -0.4 is 16.6 Å². The maximum Gasteiger partial charge on any atom is 0.490 e. The highest BCUT2D eigenvalue weighted by Gasteiger charge is 2.53. The Balaban J connectivity index is 1.25. The third-order valence-corrected chi connectivity index (χ3v) is 13.2. The number of hydrogen-bond acceptors (Lipinski definition) is 22. The first-order valence-electron chi connectivity index (χ1n) is 16.7. The highest BCUT2D eigenvalue weighted by molar-refractivity contribution is 7.66. The number of ether oxygens (including phenoxy) is 4. The molecule has 2 aliphatic rings. The van der Waals surface area contributed by atoms with Crippen LogP contribution in [-0.4, -0.2) is 139 Å². The lowest BCUT2D eigenvalue weighted by molar-refractivity contribution is -0.0814. The summed E-state index contributed by atoms with van der Waals surface area (Å²) in [5.41, 5.74) is 5.23. The van der Waals surface area contributed by atoms with Crippen molar-refractivity contribution in [3.63, 3.8) is 0 Å². The molecule has 0 spiro atoms. The van der Waals surface area contributed by atoms with E-state index in [1.807, 2.05) is 0 Å². The standard InChI is InChI=1S/C25H38N10O20P4/c1-10(2)50-16-11(51-23(15(16)36)35-9-31-14-21(35)32-25(26)33-22(14)37)5-48-57(41,42)53-17-12(6-49-58(43,44)55-59(45,46)54-56(38,39)40)52-24(18(17)47-4)34-8-30-13-19(27-3)28-7-29-20(13)34/h7-12,15-18,23-24,36H,5-6H2,1-4H3,(H,41,42)(H,43,44)(H,45,46)(H,27,28,29)(H2,38,39,40)(H3,26,32,33,37)/t11-,12-,15?,16+,17+,18?,23-,24-/m1/s1. The number of rotatable bonds is 18. The quantitative estimate of drug-likeness (QED) is 0.0562. The first-order valence-corrected chi connectivity index (χ1v) is 22.7. The van der Waals surface area contributed by atoms with E-state index in [0.29, 0.717) is 5.82 Å². The fourth-order valence-corrected chi connectivity index (χ4v) is 10.2. The van der Waals surface area contributed by atoms with E-state index in [4.69, 9.17) is 48.0 Å².